The number of carbonyl (C=O) groups excluding carboxylic acids is 2. The average Bonchev–Trinajstić information content (AvgIpc) is 3.59. The quantitative estimate of drug-likeness (QED) is 0.537. The summed E-state index contributed by atoms with van der Waals surface area (Å²) in [5.74, 6) is -1.04. The molecule has 1 fully saturated rings. The van der Waals surface area contributed by atoms with Gasteiger partial charge in [-0.25, -0.2) is 4.79 Å². The van der Waals surface area contributed by atoms with Gasteiger partial charge in [-0.05, 0) is 54.9 Å². The van der Waals surface area contributed by atoms with Gasteiger partial charge in [-0.3, -0.25) is 9.59 Å². The Kier molecular flexibility index (Phi) is 6.40. The van der Waals surface area contributed by atoms with Crippen molar-refractivity contribution >= 4 is 18.0 Å². The monoisotopic (exact) mass is 450 g/mol. The number of amides is 2. The summed E-state index contributed by atoms with van der Waals surface area (Å²) in [4.78, 5) is 36.2. The van der Waals surface area contributed by atoms with Crippen molar-refractivity contribution in [2.24, 2.45) is 11.3 Å². The number of alkyl carbamates (subject to hydrolysis) is 1. The lowest BCUT2D eigenvalue weighted by molar-refractivity contribution is -0.146. The Morgan fingerprint density at radius 1 is 1.03 bits per heavy atom. The number of aliphatic carboxylic acids is 1. The van der Waals surface area contributed by atoms with Gasteiger partial charge < -0.3 is 20.5 Å². The summed E-state index contributed by atoms with van der Waals surface area (Å²) in [6.07, 6.45) is 1.46. The summed E-state index contributed by atoms with van der Waals surface area (Å²) in [6.45, 7) is 3.37. The van der Waals surface area contributed by atoms with Crippen molar-refractivity contribution in [3.8, 4) is 11.1 Å². The van der Waals surface area contributed by atoms with Crippen LogP contribution in [0.25, 0.3) is 11.1 Å². The highest BCUT2D eigenvalue weighted by atomic mass is 16.5. The van der Waals surface area contributed by atoms with Crippen LogP contribution in [0.15, 0.2) is 48.5 Å². The summed E-state index contributed by atoms with van der Waals surface area (Å²) >= 11 is 0. The van der Waals surface area contributed by atoms with Crippen LogP contribution in [0.3, 0.4) is 0 Å². The van der Waals surface area contributed by atoms with Crippen LogP contribution in [0.1, 0.15) is 50.2 Å². The fourth-order valence-electron chi connectivity index (χ4n) is 4.29. The molecule has 1 atom stereocenters. The molecule has 0 aromatic heterocycles. The van der Waals surface area contributed by atoms with Crippen LogP contribution in [0.4, 0.5) is 4.79 Å². The Labute approximate surface area is 193 Å². The van der Waals surface area contributed by atoms with E-state index in [4.69, 9.17) is 4.74 Å². The molecule has 0 spiro atoms. The molecule has 2 amide bonds. The number of rotatable bonds is 9. The number of hydrogen-bond acceptors (Lipinski definition) is 4. The first-order valence-electron chi connectivity index (χ1n) is 11.4. The molecule has 7 nitrogen and oxygen atoms in total. The van der Waals surface area contributed by atoms with Gasteiger partial charge in [-0.1, -0.05) is 48.5 Å². The zero-order valence-corrected chi connectivity index (χ0v) is 19.0. The van der Waals surface area contributed by atoms with Crippen molar-refractivity contribution < 1.29 is 24.2 Å². The maximum absolute atomic E-state index is 12.6. The highest BCUT2D eigenvalue weighted by Gasteiger charge is 2.35. The third-order valence-corrected chi connectivity index (χ3v) is 6.55. The molecule has 0 heterocycles. The van der Waals surface area contributed by atoms with Crippen molar-refractivity contribution in [3.63, 3.8) is 0 Å². The van der Waals surface area contributed by atoms with E-state index < -0.39 is 17.5 Å². The number of ether oxygens (including phenoxy) is 1. The summed E-state index contributed by atoms with van der Waals surface area (Å²) in [5, 5.41) is 14.7. The summed E-state index contributed by atoms with van der Waals surface area (Å²) in [6, 6.07) is 16.0. The van der Waals surface area contributed by atoms with E-state index in [1.807, 2.05) is 24.3 Å². The van der Waals surface area contributed by atoms with E-state index in [0.717, 1.165) is 24.0 Å². The van der Waals surface area contributed by atoms with E-state index in [2.05, 4.69) is 34.9 Å². The molecule has 2 aliphatic rings. The molecule has 4 rings (SSSR count). The molecule has 2 aromatic rings. The standard InChI is InChI=1S/C26H30N2O5/c1-26(2,24(30)31)15-27-23(29)13-22(16-11-12-16)28-25(32)33-14-21-19-9-5-3-7-17(19)18-8-4-6-10-20(18)21/h3-10,16,21-22H,11-15H2,1-2H3,(H,27,29)(H,28,32)(H,30,31). The number of carboxylic acids is 1. The second-order valence-electron chi connectivity index (χ2n) is 9.58. The van der Waals surface area contributed by atoms with Crippen LogP contribution in [-0.4, -0.2) is 42.3 Å². The van der Waals surface area contributed by atoms with Crippen LogP contribution in [0.2, 0.25) is 0 Å². The highest BCUT2D eigenvalue weighted by molar-refractivity contribution is 5.80. The van der Waals surface area contributed by atoms with E-state index in [1.165, 1.54) is 11.1 Å². The van der Waals surface area contributed by atoms with E-state index in [-0.39, 0.29) is 43.4 Å². The summed E-state index contributed by atoms with van der Waals surface area (Å²) in [5.41, 5.74) is 3.57. The third kappa shape index (κ3) is 5.18. The lowest BCUT2D eigenvalue weighted by Crippen LogP contribution is -2.44. The molecule has 0 radical (unpaired) electrons. The molecular weight excluding hydrogens is 420 g/mol. The SMILES string of the molecule is CC(C)(CNC(=O)CC(NC(=O)OCC1c2ccccc2-c2ccccc21)C1CC1)C(=O)O. The van der Waals surface area contributed by atoms with Crippen LogP contribution in [0, 0.1) is 11.3 Å². The smallest absolute Gasteiger partial charge is 0.407 e. The van der Waals surface area contributed by atoms with Gasteiger partial charge in [0.2, 0.25) is 5.91 Å². The molecule has 2 aliphatic carbocycles. The van der Waals surface area contributed by atoms with Crippen LogP contribution in [0.5, 0.6) is 0 Å². The molecule has 2 aromatic carbocycles. The van der Waals surface area contributed by atoms with Crippen molar-refractivity contribution in [1.82, 2.24) is 10.6 Å². The van der Waals surface area contributed by atoms with E-state index in [1.54, 1.807) is 13.8 Å². The Bertz CT molecular complexity index is 1010. The maximum atomic E-state index is 12.6. The first-order chi connectivity index (χ1) is 15.8. The van der Waals surface area contributed by atoms with Gasteiger partial charge in [0.05, 0.1) is 5.41 Å². The second kappa shape index (κ2) is 9.25. The minimum atomic E-state index is -1.05. The average molecular weight is 451 g/mol. The third-order valence-electron chi connectivity index (χ3n) is 6.55. The lowest BCUT2D eigenvalue weighted by Gasteiger charge is -2.22. The summed E-state index contributed by atoms with van der Waals surface area (Å²) < 4.78 is 5.62. The van der Waals surface area contributed by atoms with Gasteiger partial charge >= 0.3 is 12.1 Å². The van der Waals surface area contributed by atoms with Crippen molar-refractivity contribution in [2.45, 2.75) is 45.1 Å². The number of benzene rings is 2. The molecule has 1 saturated carbocycles. The predicted molar refractivity (Wildman–Crippen MR) is 124 cm³/mol. The molecule has 1 unspecified atom stereocenters. The number of fused-ring (bicyclic) bond motifs is 3. The first kappa shape index (κ1) is 22.8. The largest absolute Gasteiger partial charge is 0.481 e. The summed E-state index contributed by atoms with van der Waals surface area (Å²) in [7, 11) is 0. The Balaban J connectivity index is 1.33. The van der Waals surface area contributed by atoms with Gasteiger partial charge in [0, 0.05) is 24.9 Å². The second-order valence-corrected chi connectivity index (χ2v) is 9.58. The van der Waals surface area contributed by atoms with Gasteiger partial charge in [-0.2, -0.15) is 0 Å². The fraction of sp³-hybridized carbons (Fsp3) is 0.423. The lowest BCUT2D eigenvalue weighted by atomic mass is 9.94. The normalized spacial score (nSPS) is 15.8. The number of carboxylic acid groups (broad SMARTS) is 1. The van der Waals surface area contributed by atoms with Gasteiger partial charge in [0.1, 0.15) is 6.61 Å². The molecule has 0 bridgehead atoms. The molecule has 7 heteroatoms. The Morgan fingerprint density at radius 3 is 2.15 bits per heavy atom. The van der Waals surface area contributed by atoms with Crippen LogP contribution in [-0.2, 0) is 14.3 Å². The zero-order chi connectivity index (χ0) is 23.6. The topological polar surface area (TPSA) is 105 Å². The minimum Gasteiger partial charge on any atom is -0.481 e. The van der Waals surface area contributed by atoms with Crippen LogP contribution < -0.4 is 10.6 Å². The number of nitrogens with one attached hydrogen (secondary N) is 2. The molecular formula is C26H30N2O5. The van der Waals surface area contributed by atoms with Gasteiger partial charge in [-0.15, -0.1) is 0 Å². The highest BCUT2D eigenvalue weighted by Crippen LogP contribution is 2.44. The molecule has 0 aliphatic heterocycles. The van der Waals surface area contributed by atoms with E-state index in [9.17, 15) is 19.5 Å². The zero-order valence-electron chi connectivity index (χ0n) is 19.0. The first-order valence-corrected chi connectivity index (χ1v) is 11.4. The van der Waals surface area contributed by atoms with Crippen molar-refractivity contribution in [1.29, 1.82) is 0 Å². The molecule has 174 valence electrons. The van der Waals surface area contributed by atoms with Crippen molar-refractivity contribution in [3.05, 3.63) is 59.7 Å². The van der Waals surface area contributed by atoms with Gasteiger partial charge in [0.15, 0.2) is 0 Å². The number of hydrogen-bond donors (Lipinski definition) is 3. The fourth-order valence-corrected chi connectivity index (χ4v) is 4.29. The molecule has 0 saturated heterocycles. The van der Waals surface area contributed by atoms with E-state index in [0.29, 0.717) is 0 Å². The van der Waals surface area contributed by atoms with Crippen LogP contribution >= 0.6 is 0 Å². The van der Waals surface area contributed by atoms with E-state index >= 15 is 0 Å². The van der Waals surface area contributed by atoms with Gasteiger partial charge in [0.25, 0.3) is 0 Å². The van der Waals surface area contributed by atoms with Crippen molar-refractivity contribution in [2.75, 3.05) is 13.2 Å². The number of carbonyl (C=O) groups is 3. The molecule has 3 N–H and O–H groups in total. The Morgan fingerprint density at radius 2 is 1.61 bits per heavy atom. The minimum absolute atomic E-state index is 0.0240. The Hall–Kier alpha value is -3.35. The predicted octanol–water partition coefficient (Wildman–Crippen LogP) is 3.92. The maximum Gasteiger partial charge on any atom is 0.407 e. The molecule has 33 heavy (non-hydrogen) atoms.